The van der Waals surface area contributed by atoms with Gasteiger partial charge in [-0.25, -0.2) is 0 Å². The predicted octanol–water partition coefficient (Wildman–Crippen LogP) is 3.72. The smallest absolute Gasteiger partial charge is 0.177 e. The summed E-state index contributed by atoms with van der Waals surface area (Å²) < 4.78 is 2.02. The van der Waals surface area contributed by atoms with Gasteiger partial charge in [-0.05, 0) is 38.5 Å². The highest BCUT2D eigenvalue weighted by Crippen LogP contribution is 2.37. The van der Waals surface area contributed by atoms with E-state index in [1.807, 2.05) is 35.8 Å². The molecule has 2 N–H and O–H groups in total. The van der Waals surface area contributed by atoms with Gasteiger partial charge in [-0.15, -0.1) is 21.5 Å². The summed E-state index contributed by atoms with van der Waals surface area (Å²) in [5.74, 6) is 1.48. The molecular weight excluding hydrogens is 342 g/mol. The van der Waals surface area contributed by atoms with Crippen LogP contribution >= 0.6 is 22.9 Å². The van der Waals surface area contributed by atoms with E-state index in [9.17, 15) is 0 Å². The third-order valence-electron chi connectivity index (χ3n) is 4.31. The molecule has 2 aromatic heterocycles. The van der Waals surface area contributed by atoms with Gasteiger partial charge in [0.05, 0.1) is 5.71 Å². The second-order valence-corrected chi connectivity index (χ2v) is 7.47. The SMILES string of the molecule is Cc1sc2c(c1C)C(c1ccc(Cl)cc1)=N[C@@H](N)c1nnc(C)n1-2. The molecule has 0 saturated carbocycles. The molecule has 1 atom stereocenters. The van der Waals surface area contributed by atoms with E-state index in [0.717, 1.165) is 27.7 Å². The fourth-order valence-corrected chi connectivity index (χ4v) is 4.29. The summed E-state index contributed by atoms with van der Waals surface area (Å²) in [7, 11) is 0. The Morgan fingerprint density at radius 3 is 2.54 bits per heavy atom. The van der Waals surface area contributed by atoms with Crippen molar-refractivity contribution >= 4 is 28.6 Å². The van der Waals surface area contributed by atoms with Crippen molar-refractivity contribution in [2.24, 2.45) is 10.7 Å². The van der Waals surface area contributed by atoms with Crippen LogP contribution in [0.15, 0.2) is 29.3 Å². The molecule has 3 aromatic rings. The molecule has 1 aliphatic heterocycles. The lowest BCUT2D eigenvalue weighted by molar-refractivity contribution is 0.693. The van der Waals surface area contributed by atoms with E-state index in [1.165, 1.54) is 10.4 Å². The quantitative estimate of drug-likeness (QED) is 0.721. The molecule has 0 amide bonds. The number of benzene rings is 1. The second kappa shape index (κ2) is 5.51. The molecular formula is C17H16ClN5S. The number of aliphatic imine (C=N–C) groups is 1. The van der Waals surface area contributed by atoms with Gasteiger partial charge < -0.3 is 5.73 Å². The van der Waals surface area contributed by atoms with Crippen molar-refractivity contribution in [2.45, 2.75) is 26.9 Å². The Kier molecular flexibility index (Phi) is 3.56. The monoisotopic (exact) mass is 357 g/mol. The Morgan fingerprint density at radius 1 is 1.12 bits per heavy atom. The molecule has 0 bridgehead atoms. The Labute approximate surface area is 148 Å². The molecule has 0 saturated heterocycles. The van der Waals surface area contributed by atoms with Gasteiger partial charge in [0.2, 0.25) is 0 Å². The van der Waals surface area contributed by atoms with Crippen molar-refractivity contribution < 1.29 is 0 Å². The van der Waals surface area contributed by atoms with Gasteiger partial charge in [-0.2, -0.15) is 0 Å². The third kappa shape index (κ3) is 2.22. The van der Waals surface area contributed by atoms with E-state index in [2.05, 4.69) is 24.0 Å². The number of fused-ring (bicyclic) bond motifs is 3. The lowest BCUT2D eigenvalue weighted by atomic mass is 10.00. The standard InChI is InChI=1S/C17H16ClN5S/c1-8-9(2)24-17-13(8)14(11-4-6-12(18)7-5-11)20-15(19)16-22-21-10(3)23(16)17/h4-7,15H,19H2,1-3H3/t15-/m1/s1. The summed E-state index contributed by atoms with van der Waals surface area (Å²) >= 11 is 7.75. The minimum atomic E-state index is -0.559. The van der Waals surface area contributed by atoms with Crippen LogP contribution in [0.1, 0.15) is 39.4 Å². The van der Waals surface area contributed by atoms with E-state index in [0.29, 0.717) is 10.8 Å². The van der Waals surface area contributed by atoms with E-state index in [-0.39, 0.29) is 0 Å². The zero-order valence-electron chi connectivity index (χ0n) is 13.5. The summed E-state index contributed by atoms with van der Waals surface area (Å²) in [4.78, 5) is 6.03. The van der Waals surface area contributed by atoms with Crippen molar-refractivity contribution in [2.75, 3.05) is 0 Å². The van der Waals surface area contributed by atoms with E-state index < -0.39 is 6.17 Å². The van der Waals surface area contributed by atoms with Crippen LogP contribution in [-0.4, -0.2) is 20.5 Å². The lowest BCUT2D eigenvalue weighted by Gasteiger charge is -2.09. The van der Waals surface area contributed by atoms with Gasteiger partial charge in [-0.3, -0.25) is 9.56 Å². The van der Waals surface area contributed by atoms with Crippen molar-refractivity contribution in [1.29, 1.82) is 0 Å². The minimum Gasteiger partial charge on any atom is -0.303 e. The van der Waals surface area contributed by atoms with Crippen LogP contribution in [0, 0.1) is 20.8 Å². The van der Waals surface area contributed by atoms with Crippen LogP contribution in [-0.2, 0) is 0 Å². The number of hydrogen-bond donors (Lipinski definition) is 1. The number of rotatable bonds is 1. The molecule has 0 aliphatic carbocycles. The Hall–Kier alpha value is -2.02. The summed E-state index contributed by atoms with van der Waals surface area (Å²) in [6.45, 7) is 6.17. The van der Waals surface area contributed by atoms with Gasteiger partial charge in [-0.1, -0.05) is 23.7 Å². The average molecular weight is 358 g/mol. The predicted molar refractivity (Wildman–Crippen MR) is 97.5 cm³/mol. The zero-order valence-corrected chi connectivity index (χ0v) is 15.1. The molecule has 1 aromatic carbocycles. The van der Waals surface area contributed by atoms with Gasteiger partial charge in [0, 0.05) is 21.0 Å². The Bertz CT molecular complexity index is 968. The van der Waals surface area contributed by atoms with Crippen molar-refractivity contribution in [1.82, 2.24) is 14.8 Å². The number of halogens is 1. The Balaban J connectivity index is 2.04. The van der Waals surface area contributed by atoms with Gasteiger partial charge in [0.15, 0.2) is 12.0 Å². The molecule has 122 valence electrons. The molecule has 24 heavy (non-hydrogen) atoms. The minimum absolute atomic E-state index is 0.559. The molecule has 0 radical (unpaired) electrons. The van der Waals surface area contributed by atoms with Crippen LogP contribution in [0.4, 0.5) is 0 Å². The van der Waals surface area contributed by atoms with Gasteiger partial charge in [0.25, 0.3) is 0 Å². The number of nitrogens with zero attached hydrogens (tertiary/aromatic N) is 4. The number of nitrogens with two attached hydrogens (primary N) is 1. The first-order valence-corrected chi connectivity index (χ1v) is 8.78. The van der Waals surface area contributed by atoms with Crippen LogP contribution in [0.2, 0.25) is 5.02 Å². The van der Waals surface area contributed by atoms with E-state index in [4.69, 9.17) is 22.3 Å². The normalized spacial score (nSPS) is 16.4. The lowest BCUT2D eigenvalue weighted by Crippen LogP contribution is -2.14. The topological polar surface area (TPSA) is 69.1 Å². The molecule has 3 heterocycles. The average Bonchev–Trinajstić information content (AvgIpc) is 3.03. The fourth-order valence-electron chi connectivity index (χ4n) is 2.95. The zero-order chi connectivity index (χ0) is 17.0. The van der Waals surface area contributed by atoms with Crippen LogP contribution in [0.25, 0.3) is 5.00 Å². The molecule has 5 nitrogen and oxygen atoms in total. The van der Waals surface area contributed by atoms with Crippen LogP contribution in [0.5, 0.6) is 0 Å². The molecule has 0 fully saturated rings. The van der Waals surface area contributed by atoms with Gasteiger partial charge >= 0.3 is 0 Å². The van der Waals surface area contributed by atoms with Crippen molar-refractivity contribution in [3.63, 3.8) is 0 Å². The molecule has 0 unspecified atom stereocenters. The van der Waals surface area contributed by atoms with E-state index in [1.54, 1.807) is 11.3 Å². The first kappa shape index (κ1) is 15.5. The van der Waals surface area contributed by atoms with E-state index >= 15 is 0 Å². The maximum absolute atomic E-state index is 6.31. The van der Waals surface area contributed by atoms with Crippen molar-refractivity contribution in [3.05, 3.63) is 62.5 Å². The summed E-state index contributed by atoms with van der Waals surface area (Å²) in [5.41, 5.74) is 10.5. The first-order valence-electron chi connectivity index (χ1n) is 7.59. The number of hydrogen-bond acceptors (Lipinski definition) is 5. The summed E-state index contributed by atoms with van der Waals surface area (Å²) in [6.07, 6.45) is -0.559. The second-order valence-electron chi connectivity index (χ2n) is 5.83. The number of aryl methyl sites for hydroxylation is 2. The molecule has 7 heteroatoms. The largest absolute Gasteiger partial charge is 0.303 e. The maximum Gasteiger partial charge on any atom is 0.177 e. The highest BCUT2D eigenvalue weighted by molar-refractivity contribution is 7.15. The number of aromatic nitrogens is 3. The molecule has 4 rings (SSSR count). The van der Waals surface area contributed by atoms with Crippen LogP contribution < -0.4 is 5.73 Å². The Morgan fingerprint density at radius 2 is 1.83 bits per heavy atom. The fraction of sp³-hybridized carbons (Fsp3) is 0.235. The molecule has 0 spiro atoms. The van der Waals surface area contributed by atoms with Crippen LogP contribution in [0.3, 0.4) is 0 Å². The number of thiophene rings is 1. The molecule has 1 aliphatic rings. The van der Waals surface area contributed by atoms with Gasteiger partial charge in [0.1, 0.15) is 10.8 Å². The highest BCUT2D eigenvalue weighted by atomic mass is 35.5. The maximum atomic E-state index is 6.31. The first-order chi connectivity index (χ1) is 11.5. The summed E-state index contributed by atoms with van der Waals surface area (Å²) in [6, 6.07) is 7.69. The summed E-state index contributed by atoms with van der Waals surface area (Å²) in [5, 5.41) is 10.2. The van der Waals surface area contributed by atoms with Crippen molar-refractivity contribution in [3.8, 4) is 5.00 Å². The highest BCUT2D eigenvalue weighted by Gasteiger charge is 2.29. The third-order valence-corrected chi connectivity index (χ3v) is 5.75.